The van der Waals surface area contributed by atoms with Crippen LogP contribution in [0.3, 0.4) is 0 Å². The Bertz CT molecular complexity index is 1510. The fraction of sp³-hybridized carbons (Fsp3) is 0.250. The second kappa shape index (κ2) is 9.40. The number of aliphatic carboxylic acids is 1. The fourth-order valence-corrected chi connectivity index (χ4v) is 4.94. The standard InChI is InChI=1S/C24H21ClFN7O2S/c1-24(2,14-6-3-7-27-14)15(9-17(34)35)30-22-18(26)20(13-5-4-8-36-13)32-21(33-22)12-10-28-23-19(12)31-16(25)11-29-23/h3-5,7-8,10-11,15H,6,9H2,1-2H3,(H,28,29)(H,34,35)(H,30,32,33). The molecular formula is C24H21ClFN7O2S. The normalized spacial score (nSPS) is 14.3. The van der Waals surface area contributed by atoms with Crippen LogP contribution in [-0.2, 0) is 4.79 Å². The van der Waals surface area contributed by atoms with E-state index in [0.29, 0.717) is 28.0 Å². The molecule has 12 heteroatoms. The number of allylic oxidation sites excluding steroid dienone is 1. The zero-order valence-electron chi connectivity index (χ0n) is 19.3. The average molecular weight is 526 g/mol. The van der Waals surface area contributed by atoms with E-state index in [1.807, 2.05) is 25.3 Å². The molecule has 0 amide bonds. The van der Waals surface area contributed by atoms with E-state index in [-0.39, 0.29) is 28.9 Å². The van der Waals surface area contributed by atoms with Gasteiger partial charge < -0.3 is 15.4 Å². The van der Waals surface area contributed by atoms with Crippen molar-refractivity contribution < 1.29 is 14.3 Å². The second-order valence-electron chi connectivity index (χ2n) is 8.81. The fourth-order valence-electron chi connectivity index (χ4n) is 4.10. The largest absolute Gasteiger partial charge is 0.481 e. The lowest BCUT2D eigenvalue weighted by Gasteiger charge is -2.35. The summed E-state index contributed by atoms with van der Waals surface area (Å²) in [7, 11) is 0. The van der Waals surface area contributed by atoms with Gasteiger partial charge in [-0.2, -0.15) is 0 Å². The van der Waals surface area contributed by atoms with Crippen molar-refractivity contribution in [2.45, 2.75) is 32.7 Å². The van der Waals surface area contributed by atoms with Gasteiger partial charge in [0, 0.05) is 36.0 Å². The van der Waals surface area contributed by atoms with E-state index < -0.39 is 23.2 Å². The van der Waals surface area contributed by atoms with Crippen LogP contribution in [0.2, 0.25) is 5.15 Å². The van der Waals surface area contributed by atoms with Crippen molar-refractivity contribution in [1.29, 1.82) is 0 Å². The molecule has 36 heavy (non-hydrogen) atoms. The summed E-state index contributed by atoms with van der Waals surface area (Å²) in [6.07, 6.45) is 6.96. The number of aromatic nitrogens is 5. The van der Waals surface area contributed by atoms with Crippen molar-refractivity contribution in [3.63, 3.8) is 0 Å². The molecule has 3 N–H and O–H groups in total. The Labute approximate surface area is 214 Å². The quantitative estimate of drug-likeness (QED) is 0.274. The maximum Gasteiger partial charge on any atom is 0.305 e. The predicted octanol–water partition coefficient (Wildman–Crippen LogP) is 5.58. The number of aliphatic imine (C=N–C) groups is 1. The van der Waals surface area contributed by atoms with Gasteiger partial charge in [0.15, 0.2) is 23.1 Å². The van der Waals surface area contributed by atoms with Gasteiger partial charge in [-0.05, 0) is 11.4 Å². The Kier molecular flexibility index (Phi) is 6.27. The van der Waals surface area contributed by atoms with Crippen LogP contribution in [0.25, 0.3) is 33.1 Å². The molecule has 1 atom stereocenters. The molecule has 184 valence electrons. The first-order chi connectivity index (χ1) is 17.2. The molecule has 0 fully saturated rings. The topological polar surface area (TPSA) is 129 Å². The van der Waals surface area contributed by atoms with Crippen molar-refractivity contribution in [2.24, 2.45) is 10.4 Å². The summed E-state index contributed by atoms with van der Waals surface area (Å²) in [5.41, 5.74) is 1.59. The van der Waals surface area contributed by atoms with E-state index in [9.17, 15) is 9.90 Å². The number of anilines is 1. The summed E-state index contributed by atoms with van der Waals surface area (Å²) in [4.78, 5) is 37.3. The number of aromatic amines is 1. The molecule has 0 saturated carbocycles. The Morgan fingerprint density at radius 3 is 2.89 bits per heavy atom. The Morgan fingerprint density at radius 2 is 2.19 bits per heavy atom. The number of nitrogens with one attached hydrogen (secondary N) is 2. The van der Waals surface area contributed by atoms with Crippen LogP contribution in [0.15, 0.2) is 47.2 Å². The maximum atomic E-state index is 15.9. The molecule has 1 aliphatic rings. The number of carboxylic acid groups (broad SMARTS) is 1. The zero-order chi connectivity index (χ0) is 25.4. The van der Waals surface area contributed by atoms with Gasteiger partial charge in [0.1, 0.15) is 16.4 Å². The Balaban J connectivity index is 1.65. The van der Waals surface area contributed by atoms with Crippen LogP contribution in [0.5, 0.6) is 0 Å². The van der Waals surface area contributed by atoms with Gasteiger partial charge in [-0.1, -0.05) is 37.6 Å². The van der Waals surface area contributed by atoms with E-state index in [0.717, 1.165) is 5.71 Å². The highest BCUT2D eigenvalue weighted by Crippen LogP contribution is 2.36. The summed E-state index contributed by atoms with van der Waals surface area (Å²) in [6.45, 7) is 3.77. The molecule has 5 heterocycles. The third-order valence-corrected chi connectivity index (χ3v) is 7.21. The third-order valence-electron chi connectivity index (χ3n) is 6.15. The van der Waals surface area contributed by atoms with Crippen LogP contribution < -0.4 is 5.32 Å². The smallest absolute Gasteiger partial charge is 0.305 e. The molecular weight excluding hydrogens is 505 g/mol. The molecule has 9 nitrogen and oxygen atoms in total. The highest BCUT2D eigenvalue weighted by atomic mass is 35.5. The number of hydrogen-bond acceptors (Lipinski definition) is 8. The van der Waals surface area contributed by atoms with Crippen molar-refractivity contribution >= 4 is 51.6 Å². The molecule has 0 aromatic carbocycles. The highest BCUT2D eigenvalue weighted by Gasteiger charge is 2.37. The van der Waals surface area contributed by atoms with Crippen LogP contribution in [0.1, 0.15) is 26.7 Å². The number of nitrogens with zero attached hydrogens (tertiary/aromatic N) is 5. The van der Waals surface area contributed by atoms with E-state index in [1.165, 1.54) is 17.5 Å². The lowest BCUT2D eigenvalue weighted by molar-refractivity contribution is -0.137. The number of hydrogen-bond donors (Lipinski definition) is 3. The molecule has 1 aliphatic heterocycles. The third kappa shape index (κ3) is 4.47. The monoisotopic (exact) mass is 525 g/mol. The molecule has 0 aliphatic carbocycles. The summed E-state index contributed by atoms with van der Waals surface area (Å²) < 4.78 is 15.9. The van der Waals surface area contributed by atoms with Gasteiger partial charge in [0.05, 0.1) is 23.1 Å². The van der Waals surface area contributed by atoms with E-state index in [1.54, 1.807) is 24.5 Å². The number of carboxylic acids is 1. The van der Waals surface area contributed by atoms with Gasteiger partial charge in [-0.3, -0.25) is 9.79 Å². The summed E-state index contributed by atoms with van der Waals surface area (Å²) in [6, 6.07) is 2.85. The molecule has 1 unspecified atom stereocenters. The predicted molar refractivity (Wildman–Crippen MR) is 138 cm³/mol. The average Bonchev–Trinajstić information content (AvgIpc) is 3.61. The Morgan fingerprint density at radius 1 is 1.36 bits per heavy atom. The van der Waals surface area contributed by atoms with Gasteiger partial charge >= 0.3 is 5.97 Å². The van der Waals surface area contributed by atoms with Crippen LogP contribution in [-0.4, -0.2) is 47.7 Å². The number of halogens is 2. The van der Waals surface area contributed by atoms with Crippen molar-refractivity contribution in [1.82, 2.24) is 24.9 Å². The summed E-state index contributed by atoms with van der Waals surface area (Å²) >= 11 is 7.39. The van der Waals surface area contributed by atoms with Crippen LogP contribution >= 0.6 is 22.9 Å². The zero-order valence-corrected chi connectivity index (χ0v) is 20.9. The van der Waals surface area contributed by atoms with Gasteiger partial charge in [0.2, 0.25) is 0 Å². The van der Waals surface area contributed by atoms with Crippen molar-refractivity contribution in [3.8, 4) is 22.0 Å². The highest BCUT2D eigenvalue weighted by molar-refractivity contribution is 7.13. The summed E-state index contributed by atoms with van der Waals surface area (Å²) in [5.74, 6) is -1.62. The van der Waals surface area contributed by atoms with Gasteiger partial charge in [-0.15, -0.1) is 11.3 Å². The van der Waals surface area contributed by atoms with E-state index in [2.05, 4.69) is 35.2 Å². The van der Waals surface area contributed by atoms with E-state index >= 15 is 4.39 Å². The summed E-state index contributed by atoms with van der Waals surface area (Å²) in [5, 5.41) is 14.7. The van der Waals surface area contributed by atoms with Crippen molar-refractivity contribution in [2.75, 3.05) is 5.32 Å². The maximum absolute atomic E-state index is 15.9. The molecule has 0 saturated heterocycles. The van der Waals surface area contributed by atoms with Crippen LogP contribution in [0, 0.1) is 11.2 Å². The molecule has 0 bridgehead atoms. The van der Waals surface area contributed by atoms with Crippen molar-refractivity contribution in [3.05, 3.63) is 53.2 Å². The molecule has 4 aromatic rings. The SMILES string of the molecule is CC(C)(C1=NC=CC1)C(CC(=O)O)Nc1nc(-c2c[nH]c3ncc(Cl)nc23)nc(-c2cccs2)c1F. The lowest BCUT2D eigenvalue weighted by Crippen LogP contribution is -2.43. The second-order valence-corrected chi connectivity index (χ2v) is 10.1. The minimum Gasteiger partial charge on any atom is -0.481 e. The number of fused-ring (bicyclic) bond motifs is 1. The first-order valence-corrected chi connectivity index (χ1v) is 12.3. The molecule has 4 aromatic heterocycles. The van der Waals surface area contributed by atoms with E-state index in [4.69, 9.17) is 11.6 Å². The number of thiophene rings is 1. The number of H-pyrrole nitrogens is 1. The number of carbonyl (C=O) groups is 1. The van der Waals surface area contributed by atoms with Crippen LogP contribution in [0.4, 0.5) is 10.2 Å². The minimum atomic E-state index is -1.03. The molecule has 5 rings (SSSR count). The minimum absolute atomic E-state index is 0.0913. The lowest BCUT2D eigenvalue weighted by atomic mass is 9.77. The van der Waals surface area contributed by atoms with Gasteiger partial charge in [0.25, 0.3) is 0 Å². The first-order valence-electron chi connectivity index (χ1n) is 11.1. The van der Waals surface area contributed by atoms with Gasteiger partial charge in [-0.25, -0.2) is 24.3 Å². The molecule has 0 radical (unpaired) electrons. The molecule has 0 spiro atoms. The Hall–Kier alpha value is -3.70. The first kappa shape index (κ1) is 24.0. The number of rotatable bonds is 8.